The molecule has 9 heteroatoms. The molecule has 148 valence electrons. The average Bonchev–Trinajstić information content (AvgIpc) is 3.27. The lowest BCUT2D eigenvalue weighted by molar-refractivity contribution is -0.119. The highest BCUT2D eigenvalue weighted by molar-refractivity contribution is 7.22. The molecule has 0 saturated heterocycles. The maximum Gasteiger partial charge on any atom is 0.279 e. The number of nitrogens with zero attached hydrogens (tertiary/aromatic N) is 4. The van der Waals surface area contributed by atoms with Gasteiger partial charge in [0.25, 0.3) is 11.5 Å². The number of rotatable bonds is 3. The first-order valence-electron chi connectivity index (χ1n) is 9.57. The second-order valence-electron chi connectivity index (χ2n) is 7.52. The predicted molar refractivity (Wildman–Crippen MR) is 116 cm³/mol. The number of para-hydroxylation sites is 1. The molecule has 29 heavy (non-hydrogen) atoms. The van der Waals surface area contributed by atoms with Crippen molar-refractivity contribution in [3.63, 3.8) is 0 Å². The van der Waals surface area contributed by atoms with E-state index in [1.807, 2.05) is 24.3 Å². The molecule has 1 amide bonds. The first-order valence-corrected chi connectivity index (χ1v) is 11.2. The van der Waals surface area contributed by atoms with Crippen molar-refractivity contribution in [2.75, 3.05) is 5.32 Å². The van der Waals surface area contributed by atoms with Crippen LogP contribution in [0.3, 0.4) is 0 Å². The minimum Gasteiger partial charge on any atom is -0.300 e. The Balaban J connectivity index is 1.47. The third-order valence-electron chi connectivity index (χ3n) is 5.42. The van der Waals surface area contributed by atoms with E-state index in [2.05, 4.69) is 27.5 Å². The van der Waals surface area contributed by atoms with E-state index in [9.17, 15) is 9.59 Å². The number of thiazole rings is 1. The van der Waals surface area contributed by atoms with Crippen LogP contribution in [0.1, 0.15) is 36.8 Å². The van der Waals surface area contributed by atoms with Crippen LogP contribution < -0.4 is 10.9 Å². The minimum atomic E-state index is -0.788. The predicted octanol–water partition coefficient (Wildman–Crippen LogP) is 3.79. The summed E-state index contributed by atoms with van der Waals surface area (Å²) in [4.78, 5) is 32.3. The molecule has 0 fully saturated rings. The van der Waals surface area contributed by atoms with Gasteiger partial charge in [-0.05, 0) is 49.8 Å². The Labute approximate surface area is 174 Å². The normalized spacial score (nSPS) is 17.4. The van der Waals surface area contributed by atoms with Crippen molar-refractivity contribution in [3.05, 3.63) is 45.1 Å². The Morgan fingerprint density at radius 1 is 1.31 bits per heavy atom. The smallest absolute Gasteiger partial charge is 0.279 e. The fourth-order valence-corrected chi connectivity index (χ4v) is 5.96. The summed E-state index contributed by atoms with van der Waals surface area (Å²) < 4.78 is 2.18. The molecule has 0 saturated carbocycles. The number of aryl methyl sites for hydroxylation is 1. The van der Waals surface area contributed by atoms with Crippen molar-refractivity contribution in [1.29, 1.82) is 0 Å². The van der Waals surface area contributed by atoms with E-state index in [4.69, 9.17) is 0 Å². The van der Waals surface area contributed by atoms with Crippen molar-refractivity contribution in [2.45, 2.75) is 39.2 Å². The molecule has 0 bridgehead atoms. The molecule has 1 aliphatic rings. The standard InChI is InChI=1S/C20H19N5O2S2/c1-10-7-8-12-15(9-10)28-18-16(12)19(27)25(24-23-18)11(2)17(26)22-20-21-13-5-3-4-6-14(13)29-20/h3-6,10-11H,7-9H2,1-2H3,(H,21,22,26). The number of carbonyl (C=O) groups excluding carboxylic acids is 1. The van der Waals surface area contributed by atoms with Crippen LogP contribution in [0.25, 0.3) is 20.4 Å². The van der Waals surface area contributed by atoms with E-state index in [1.54, 1.807) is 18.3 Å². The molecule has 7 nitrogen and oxygen atoms in total. The van der Waals surface area contributed by atoms with Crippen molar-refractivity contribution in [1.82, 2.24) is 20.0 Å². The first kappa shape index (κ1) is 18.4. The second kappa shape index (κ2) is 7.00. The number of fused-ring (bicyclic) bond motifs is 4. The van der Waals surface area contributed by atoms with Gasteiger partial charge >= 0.3 is 0 Å². The summed E-state index contributed by atoms with van der Waals surface area (Å²) in [6.07, 6.45) is 2.92. The first-order chi connectivity index (χ1) is 14.0. The molecule has 3 aromatic heterocycles. The van der Waals surface area contributed by atoms with Crippen LogP contribution in [-0.4, -0.2) is 25.9 Å². The number of aromatic nitrogens is 4. The Morgan fingerprint density at radius 2 is 2.14 bits per heavy atom. The number of thiophene rings is 1. The van der Waals surface area contributed by atoms with Crippen molar-refractivity contribution in [2.24, 2.45) is 5.92 Å². The number of nitrogens with one attached hydrogen (secondary N) is 1. The zero-order valence-electron chi connectivity index (χ0n) is 16.0. The average molecular weight is 426 g/mol. The third kappa shape index (κ3) is 3.14. The summed E-state index contributed by atoms with van der Waals surface area (Å²) in [5, 5.41) is 12.3. The molecule has 0 aliphatic heterocycles. The van der Waals surface area contributed by atoms with Crippen LogP contribution in [0.2, 0.25) is 0 Å². The second-order valence-corrected chi connectivity index (χ2v) is 9.64. The van der Waals surface area contributed by atoms with E-state index in [0.29, 0.717) is 21.3 Å². The number of hydrogen-bond acceptors (Lipinski definition) is 7. The summed E-state index contributed by atoms with van der Waals surface area (Å²) >= 11 is 2.96. The largest absolute Gasteiger partial charge is 0.300 e. The van der Waals surface area contributed by atoms with E-state index in [-0.39, 0.29) is 11.5 Å². The van der Waals surface area contributed by atoms with Gasteiger partial charge in [-0.15, -0.1) is 16.4 Å². The van der Waals surface area contributed by atoms with Gasteiger partial charge in [-0.2, -0.15) is 4.68 Å². The number of benzene rings is 1. The van der Waals surface area contributed by atoms with Gasteiger partial charge in [0.2, 0.25) is 0 Å². The topological polar surface area (TPSA) is 89.8 Å². The third-order valence-corrected chi connectivity index (χ3v) is 7.51. The highest BCUT2D eigenvalue weighted by atomic mass is 32.1. The van der Waals surface area contributed by atoms with Gasteiger partial charge in [0.1, 0.15) is 6.04 Å². The molecule has 2 atom stereocenters. The summed E-state index contributed by atoms with van der Waals surface area (Å²) in [5.41, 5.74) is 1.68. The molecule has 1 N–H and O–H groups in total. The van der Waals surface area contributed by atoms with Crippen LogP contribution in [0.15, 0.2) is 29.1 Å². The van der Waals surface area contributed by atoms with Gasteiger partial charge in [-0.25, -0.2) is 4.98 Å². The van der Waals surface area contributed by atoms with Crippen LogP contribution in [-0.2, 0) is 17.6 Å². The fourth-order valence-electron chi connectivity index (χ4n) is 3.77. The monoisotopic (exact) mass is 425 g/mol. The minimum absolute atomic E-state index is 0.242. The molecular weight excluding hydrogens is 406 g/mol. The Bertz CT molecular complexity index is 1270. The molecule has 2 unspecified atom stereocenters. The molecule has 1 aromatic carbocycles. The molecule has 5 rings (SSSR count). The molecule has 3 heterocycles. The van der Waals surface area contributed by atoms with Gasteiger partial charge in [-0.3, -0.25) is 9.59 Å². The summed E-state index contributed by atoms with van der Waals surface area (Å²) in [6.45, 7) is 3.89. The quantitative estimate of drug-likeness (QED) is 0.539. The Morgan fingerprint density at radius 3 is 2.97 bits per heavy atom. The molecule has 0 spiro atoms. The SMILES string of the molecule is CC1CCc2c(sc3nnn(C(C)C(=O)Nc4nc5ccccc5s4)c(=O)c23)C1. The van der Waals surface area contributed by atoms with Crippen LogP contribution in [0.4, 0.5) is 5.13 Å². The van der Waals surface area contributed by atoms with Crippen LogP contribution >= 0.6 is 22.7 Å². The van der Waals surface area contributed by atoms with Gasteiger partial charge in [0.05, 0.1) is 15.6 Å². The van der Waals surface area contributed by atoms with Crippen LogP contribution in [0.5, 0.6) is 0 Å². The van der Waals surface area contributed by atoms with Gasteiger partial charge in [0.15, 0.2) is 9.96 Å². The maximum absolute atomic E-state index is 13.2. The van der Waals surface area contributed by atoms with Crippen LogP contribution in [0, 0.1) is 5.92 Å². The zero-order valence-corrected chi connectivity index (χ0v) is 17.6. The summed E-state index contributed by atoms with van der Waals surface area (Å²) in [7, 11) is 0. The number of amides is 1. The van der Waals surface area contributed by atoms with Gasteiger partial charge in [-0.1, -0.05) is 35.6 Å². The number of hydrogen-bond donors (Lipinski definition) is 1. The lowest BCUT2D eigenvalue weighted by Gasteiger charge is -2.17. The lowest BCUT2D eigenvalue weighted by Crippen LogP contribution is -2.34. The maximum atomic E-state index is 13.2. The Hall–Kier alpha value is -2.65. The molecule has 4 aromatic rings. The molecule has 0 radical (unpaired) electrons. The summed E-state index contributed by atoms with van der Waals surface area (Å²) in [6, 6.07) is 6.90. The zero-order chi connectivity index (χ0) is 20.1. The highest BCUT2D eigenvalue weighted by Crippen LogP contribution is 2.35. The fraction of sp³-hybridized carbons (Fsp3) is 0.350. The van der Waals surface area contributed by atoms with E-state index in [0.717, 1.165) is 35.0 Å². The molecule has 1 aliphatic carbocycles. The van der Waals surface area contributed by atoms with E-state index >= 15 is 0 Å². The van der Waals surface area contributed by atoms with E-state index < -0.39 is 6.04 Å². The van der Waals surface area contributed by atoms with Gasteiger partial charge in [0, 0.05) is 4.88 Å². The molecular formula is C20H19N5O2S2. The van der Waals surface area contributed by atoms with Gasteiger partial charge < -0.3 is 5.32 Å². The van der Waals surface area contributed by atoms with Crippen molar-refractivity contribution >= 4 is 54.1 Å². The van der Waals surface area contributed by atoms with Crippen molar-refractivity contribution < 1.29 is 4.79 Å². The lowest BCUT2D eigenvalue weighted by atomic mass is 9.89. The summed E-state index contributed by atoms with van der Waals surface area (Å²) in [5.74, 6) is 0.279. The number of anilines is 1. The van der Waals surface area contributed by atoms with E-state index in [1.165, 1.54) is 20.9 Å². The van der Waals surface area contributed by atoms with Crippen molar-refractivity contribution in [3.8, 4) is 0 Å². The number of carbonyl (C=O) groups is 1. The highest BCUT2D eigenvalue weighted by Gasteiger charge is 2.26. The Kier molecular flexibility index (Phi) is 4.44.